The monoisotopic (exact) mass is 525 g/mol. The van der Waals surface area contributed by atoms with Gasteiger partial charge in [-0.05, 0) is 18.9 Å². The number of allylic oxidation sites excluding steroid dienone is 1. The molecular formula is C29H35NO8. The van der Waals surface area contributed by atoms with Gasteiger partial charge in [0.15, 0.2) is 5.76 Å². The number of aliphatic hydroxyl groups is 1. The Bertz CT molecular complexity index is 1200. The minimum Gasteiger partial charge on any atom is -0.504 e. The number of esters is 2. The van der Waals surface area contributed by atoms with Crippen LogP contribution in [0.15, 0.2) is 59.6 Å². The molecule has 1 heterocycles. The van der Waals surface area contributed by atoms with Gasteiger partial charge in [-0.15, -0.1) is 13.2 Å². The van der Waals surface area contributed by atoms with Crippen molar-refractivity contribution in [3.8, 4) is 0 Å². The van der Waals surface area contributed by atoms with Crippen LogP contribution in [0.2, 0.25) is 0 Å². The SMILES string of the molecule is C=CCN(/C=C1/C(=O)O[C@H](COC)[C@@]2(C)C1=C(O)C(=O)C1=C2[C@H](OC(C)=O)CC2(C)C(=O)CCC12)CC=C. The van der Waals surface area contributed by atoms with Gasteiger partial charge in [0.2, 0.25) is 5.78 Å². The van der Waals surface area contributed by atoms with Crippen LogP contribution in [0.25, 0.3) is 0 Å². The molecule has 0 aromatic heterocycles. The summed E-state index contributed by atoms with van der Waals surface area (Å²) >= 11 is 0. The van der Waals surface area contributed by atoms with Crippen molar-refractivity contribution < 1.29 is 38.5 Å². The third-order valence-electron chi connectivity index (χ3n) is 8.46. The number of aliphatic hydroxyl groups excluding tert-OH is 1. The fourth-order valence-corrected chi connectivity index (χ4v) is 6.78. The Morgan fingerprint density at radius 1 is 1.21 bits per heavy atom. The van der Waals surface area contributed by atoms with Crippen molar-refractivity contribution in [3.05, 3.63) is 59.6 Å². The topological polar surface area (TPSA) is 119 Å². The molecule has 0 amide bonds. The highest BCUT2D eigenvalue weighted by Gasteiger charge is 2.64. The Hall–Kier alpha value is -3.46. The molecule has 3 aliphatic carbocycles. The molecule has 9 heteroatoms. The number of rotatable bonds is 8. The summed E-state index contributed by atoms with van der Waals surface area (Å²) < 4.78 is 17.1. The zero-order valence-corrected chi connectivity index (χ0v) is 22.4. The van der Waals surface area contributed by atoms with Crippen molar-refractivity contribution in [2.45, 2.75) is 52.2 Å². The fourth-order valence-electron chi connectivity index (χ4n) is 6.78. The zero-order valence-electron chi connectivity index (χ0n) is 22.4. The van der Waals surface area contributed by atoms with Gasteiger partial charge in [0.1, 0.15) is 18.0 Å². The number of carbonyl (C=O) groups is 4. The van der Waals surface area contributed by atoms with Crippen molar-refractivity contribution >= 4 is 23.5 Å². The average molecular weight is 526 g/mol. The van der Waals surface area contributed by atoms with Crippen LogP contribution in [-0.2, 0) is 33.4 Å². The van der Waals surface area contributed by atoms with Crippen molar-refractivity contribution in [3.63, 3.8) is 0 Å². The van der Waals surface area contributed by atoms with Crippen molar-refractivity contribution in [2.75, 3.05) is 26.8 Å². The van der Waals surface area contributed by atoms with E-state index >= 15 is 0 Å². The van der Waals surface area contributed by atoms with E-state index in [1.807, 2.05) is 0 Å². The summed E-state index contributed by atoms with van der Waals surface area (Å²) in [6.07, 6.45) is 3.89. The van der Waals surface area contributed by atoms with E-state index in [0.717, 1.165) is 0 Å². The number of hydrogen-bond acceptors (Lipinski definition) is 9. The molecule has 4 aliphatic rings. The maximum atomic E-state index is 14.0. The van der Waals surface area contributed by atoms with Crippen LogP contribution in [-0.4, -0.2) is 72.5 Å². The van der Waals surface area contributed by atoms with E-state index in [1.165, 1.54) is 20.2 Å². The van der Waals surface area contributed by atoms with Crippen LogP contribution in [0.4, 0.5) is 0 Å². The van der Waals surface area contributed by atoms with Gasteiger partial charge in [-0.3, -0.25) is 14.4 Å². The highest BCUT2D eigenvalue weighted by Crippen LogP contribution is 2.62. The molecule has 4 rings (SSSR count). The standard InChI is InChI=1S/C29H35NO8/c1-7-11-30(12-8-2)14-17-23-26(34)25(33)22-18-9-10-20(32)28(18,4)13-19(37-16(3)31)24(22)29(23,5)21(15-36-6)38-27(17)35/h7-8,14,18-19,21,34H,1-2,9-13,15H2,3-6H3/b17-14+/t18?,19-,21-,28?,29+/m1/s1. The maximum absolute atomic E-state index is 14.0. The molecule has 9 nitrogen and oxygen atoms in total. The molecule has 0 radical (unpaired) electrons. The zero-order chi connectivity index (χ0) is 28.0. The molecule has 0 aromatic rings. The minimum absolute atomic E-state index is 0.00740. The van der Waals surface area contributed by atoms with E-state index in [9.17, 15) is 24.3 Å². The molecule has 1 saturated heterocycles. The molecule has 2 fully saturated rings. The first kappa shape index (κ1) is 27.6. The number of hydrogen-bond donors (Lipinski definition) is 1. The van der Waals surface area contributed by atoms with Gasteiger partial charge in [0.05, 0.1) is 17.6 Å². The molecule has 204 valence electrons. The highest BCUT2D eigenvalue weighted by atomic mass is 16.6. The summed E-state index contributed by atoms with van der Waals surface area (Å²) in [6.45, 7) is 13.0. The first-order valence-electron chi connectivity index (χ1n) is 12.8. The van der Waals surface area contributed by atoms with E-state index < -0.39 is 52.4 Å². The minimum atomic E-state index is -1.27. The van der Waals surface area contributed by atoms with Gasteiger partial charge in [-0.25, -0.2) is 4.79 Å². The maximum Gasteiger partial charge on any atom is 0.340 e. The normalized spacial score (nSPS) is 33.4. The molecule has 5 atom stereocenters. The first-order chi connectivity index (χ1) is 17.9. The molecule has 1 aliphatic heterocycles. The predicted octanol–water partition coefficient (Wildman–Crippen LogP) is 3.13. The van der Waals surface area contributed by atoms with Crippen molar-refractivity contribution in [1.82, 2.24) is 4.90 Å². The molecule has 2 unspecified atom stereocenters. The molecule has 0 spiro atoms. The number of nitrogens with zero attached hydrogens (tertiary/aromatic N) is 1. The van der Waals surface area contributed by atoms with Gasteiger partial charge in [0, 0.05) is 68.6 Å². The lowest BCUT2D eigenvalue weighted by atomic mass is 9.53. The van der Waals surface area contributed by atoms with Crippen LogP contribution in [0.3, 0.4) is 0 Å². The second-order valence-corrected chi connectivity index (χ2v) is 10.7. The largest absolute Gasteiger partial charge is 0.504 e. The molecule has 0 bridgehead atoms. The van der Waals surface area contributed by atoms with E-state index in [2.05, 4.69) is 13.2 Å². The molecular weight excluding hydrogens is 490 g/mol. The fraction of sp³-hybridized carbons (Fsp3) is 0.517. The summed E-state index contributed by atoms with van der Waals surface area (Å²) in [5, 5.41) is 11.5. The van der Waals surface area contributed by atoms with Gasteiger partial charge < -0.3 is 24.2 Å². The number of cyclic esters (lactones) is 1. The summed E-state index contributed by atoms with van der Waals surface area (Å²) in [7, 11) is 1.46. The lowest BCUT2D eigenvalue weighted by Crippen LogP contribution is -2.57. The number of ether oxygens (including phenoxy) is 3. The van der Waals surface area contributed by atoms with Gasteiger partial charge in [-0.2, -0.15) is 0 Å². The van der Waals surface area contributed by atoms with Gasteiger partial charge in [0.25, 0.3) is 0 Å². The van der Waals surface area contributed by atoms with Crippen molar-refractivity contribution in [1.29, 1.82) is 0 Å². The summed E-state index contributed by atoms with van der Waals surface area (Å²) in [5.74, 6) is -2.99. The van der Waals surface area contributed by atoms with Crippen LogP contribution < -0.4 is 0 Å². The molecule has 1 N–H and O–H groups in total. The molecule has 0 aromatic carbocycles. The number of ketones is 2. The Morgan fingerprint density at radius 3 is 2.45 bits per heavy atom. The molecule has 1 saturated carbocycles. The summed E-state index contributed by atoms with van der Waals surface area (Å²) in [6, 6.07) is 0. The van der Waals surface area contributed by atoms with Crippen molar-refractivity contribution in [2.24, 2.45) is 16.7 Å². The molecule has 38 heavy (non-hydrogen) atoms. The summed E-state index contributed by atoms with van der Waals surface area (Å²) in [4.78, 5) is 54.3. The van der Waals surface area contributed by atoms with Crippen LogP contribution in [0.1, 0.15) is 40.0 Å². The van der Waals surface area contributed by atoms with E-state index in [1.54, 1.807) is 30.9 Å². The summed E-state index contributed by atoms with van der Waals surface area (Å²) in [5.41, 5.74) is -1.35. The highest BCUT2D eigenvalue weighted by molar-refractivity contribution is 6.14. The third-order valence-corrected chi connectivity index (χ3v) is 8.46. The number of methoxy groups -OCH3 is 1. The lowest BCUT2D eigenvalue weighted by molar-refractivity contribution is -0.160. The lowest BCUT2D eigenvalue weighted by Gasteiger charge is -2.53. The predicted molar refractivity (Wildman–Crippen MR) is 138 cm³/mol. The van der Waals surface area contributed by atoms with Crippen LogP contribution in [0, 0.1) is 16.7 Å². The van der Waals surface area contributed by atoms with E-state index in [4.69, 9.17) is 14.2 Å². The first-order valence-corrected chi connectivity index (χ1v) is 12.8. The second-order valence-electron chi connectivity index (χ2n) is 10.7. The second kappa shape index (κ2) is 10.0. The Labute approximate surface area is 222 Å². The van der Waals surface area contributed by atoms with E-state index in [-0.39, 0.29) is 42.0 Å². The number of Topliss-reactive ketones (excluding diaryl/α,β-unsaturated/α-hetero) is 2. The quantitative estimate of drug-likeness (QED) is 0.290. The van der Waals surface area contributed by atoms with Gasteiger partial charge in [-0.1, -0.05) is 19.1 Å². The third kappa shape index (κ3) is 4.04. The smallest absolute Gasteiger partial charge is 0.340 e. The number of carbonyl (C=O) groups excluding carboxylic acids is 4. The Balaban J connectivity index is 2.02. The Kier molecular flexibility index (Phi) is 7.27. The van der Waals surface area contributed by atoms with Crippen LogP contribution >= 0.6 is 0 Å². The average Bonchev–Trinajstić information content (AvgIpc) is 3.13. The number of fused-ring (bicyclic) bond motifs is 4. The van der Waals surface area contributed by atoms with Gasteiger partial charge >= 0.3 is 11.9 Å². The van der Waals surface area contributed by atoms with Crippen LogP contribution in [0.5, 0.6) is 0 Å². The Morgan fingerprint density at radius 2 is 1.87 bits per heavy atom. The van der Waals surface area contributed by atoms with E-state index in [0.29, 0.717) is 25.1 Å².